The molecule has 1 heterocycles. The molecule has 192 valence electrons. The summed E-state index contributed by atoms with van der Waals surface area (Å²) in [7, 11) is -2.94. The van der Waals surface area contributed by atoms with Crippen LogP contribution in [0.2, 0.25) is 0 Å². The second kappa shape index (κ2) is 10.0. The maximum absolute atomic E-state index is 13.5. The van der Waals surface area contributed by atoms with Gasteiger partial charge in [0, 0.05) is 17.7 Å². The first-order chi connectivity index (χ1) is 17.1. The lowest BCUT2D eigenvalue weighted by molar-refractivity contribution is 0.0949. The number of fused-ring (bicyclic) bond motifs is 1. The average Bonchev–Trinajstić information content (AvgIpc) is 3.18. The number of hydrogen-bond acceptors (Lipinski definition) is 8. The predicted molar refractivity (Wildman–Crippen MR) is 136 cm³/mol. The Labute approximate surface area is 211 Å². The molecule has 0 aliphatic carbocycles. The molecule has 3 aromatic carbocycles. The van der Waals surface area contributed by atoms with Gasteiger partial charge in [-0.1, -0.05) is 24.3 Å². The van der Waals surface area contributed by atoms with E-state index in [0.717, 1.165) is 0 Å². The van der Waals surface area contributed by atoms with Crippen molar-refractivity contribution in [1.29, 1.82) is 0 Å². The molecular formula is C25H27NO8S2. The number of sulfone groups is 1. The Morgan fingerprint density at radius 1 is 0.972 bits per heavy atom. The van der Waals surface area contributed by atoms with Crippen molar-refractivity contribution in [3.8, 4) is 17.2 Å². The predicted octanol–water partition coefficient (Wildman–Crippen LogP) is 4.28. The van der Waals surface area contributed by atoms with Crippen LogP contribution in [0.1, 0.15) is 26.7 Å². The van der Waals surface area contributed by atoms with Gasteiger partial charge in [-0.3, -0.25) is 13.9 Å². The second-order valence-electron chi connectivity index (χ2n) is 8.11. The molecule has 0 aromatic heterocycles. The summed E-state index contributed by atoms with van der Waals surface area (Å²) in [6.07, 6.45) is 0. The molecular weight excluding hydrogens is 506 g/mol. The van der Waals surface area contributed by atoms with E-state index in [4.69, 9.17) is 14.2 Å². The van der Waals surface area contributed by atoms with Crippen LogP contribution in [-0.2, 0) is 16.4 Å². The molecule has 0 fully saturated rings. The minimum Gasteiger partial charge on any atom is -0.493 e. The van der Waals surface area contributed by atoms with E-state index < -0.39 is 37.3 Å². The van der Waals surface area contributed by atoms with Gasteiger partial charge in [0.25, 0.3) is 5.91 Å². The number of rotatable bonds is 8. The van der Waals surface area contributed by atoms with E-state index in [1.54, 1.807) is 30.3 Å². The fourth-order valence-corrected chi connectivity index (χ4v) is 8.74. The highest BCUT2D eigenvalue weighted by atomic mass is 32.3. The van der Waals surface area contributed by atoms with Crippen LogP contribution in [0.25, 0.3) is 0 Å². The van der Waals surface area contributed by atoms with E-state index in [0.29, 0.717) is 22.8 Å². The van der Waals surface area contributed by atoms with Gasteiger partial charge in [-0.2, -0.15) is 10.6 Å². The molecule has 0 saturated heterocycles. The minimum atomic E-state index is -4.00. The highest BCUT2D eigenvalue weighted by molar-refractivity contribution is 8.25. The van der Waals surface area contributed by atoms with Crippen LogP contribution >= 0.6 is 10.6 Å². The summed E-state index contributed by atoms with van der Waals surface area (Å²) in [5.41, 5.74) is 0.842. The Morgan fingerprint density at radius 3 is 2.19 bits per heavy atom. The average molecular weight is 534 g/mol. The largest absolute Gasteiger partial charge is 0.493 e. The van der Waals surface area contributed by atoms with Crippen molar-refractivity contribution in [2.24, 2.45) is 0 Å². The van der Waals surface area contributed by atoms with Gasteiger partial charge in [0.05, 0.1) is 36.9 Å². The van der Waals surface area contributed by atoms with Gasteiger partial charge >= 0.3 is 0 Å². The number of carbonyl (C=O) groups excluding carboxylic acids is 1. The molecule has 1 unspecified atom stereocenters. The molecule has 4 rings (SSSR count). The molecule has 11 heteroatoms. The summed E-state index contributed by atoms with van der Waals surface area (Å²) in [6.45, 7) is 0.0750. The first-order valence-electron chi connectivity index (χ1n) is 10.9. The number of amides is 1. The maximum Gasteiger partial charge on any atom is 0.251 e. The van der Waals surface area contributed by atoms with Crippen LogP contribution < -0.4 is 19.5 Å². The summed E-state index contributed by atoms with van der Waals surface area (Å²) >= 11 is 0. The number of hydrogen-bond donors (Lipinski definition) is 3. The molecule has 0 spiro atoms. The zero-order chi connectivity index (χ0) is 26.1. The van der Waals surface area contributed by atoms with Crippen LogP contribution in [0.5, 0.6) is 17.2 Å². The molecule has 1 amide bonds. The normalized spacial score (nSPS) is 17.1. The van der Waals surface area contributed by atoms with Crippen molar-refractivity contribution in [3.05, 3.63) is 77.4 Å². The summed E-state index contributed by atoms with van der Waals surface area (Å²) in [5, 5.41) is 1.51. The van der Waals surface area contributed by atoms with Gasteiger partial charge < -0.3 is 19.5 Å². The lowest BCUT2D eigenvalue weighted by atomic mass is 10.0. The monoisotopic (exact) mass is 533 g/mol. The van der Waals surface area contributed by atoms with Gasteiger partial charge in [0.1, 0.15) is 5.25 Å². The van der Waals surface area contributed by atoms with Crippen molar-refractivity contribution in [3.63, 3.8) is 0 Å². The summed E-state index contributed by atoms with van der Waals surface area (Å²) in [6, 6.07) is 15.6. The zero-order valence-electron chi connectivity index (χ0n) is 19.9. The molecule has 1 aliphatic rings. The van der Waals surface area contributed by atoms with E-state index in [9.17, 15) is 22.3 Å². The van der Waals surface area contributed by atoms with Crippen molar-refractivity contribution >= 4 is 26.3 Å². The maximum atomic E-state index is 13.5. The lowest BCUT2D eigenvalue weighted by Crippen LogP contribution is -2.25. The SMILES string of the molecule is COc1cc(CNC(=O)c2cccc3c2C(S(=O)(=O)c2ccccc2)CS3(O)O)cc(OC)c1OC. The van der Waals surface area contributed by atoms with Crippen molar-refractivity contribution in [1.82, 2.24) is 5.32 Å². The quantitative estimate of drug-likeness (QED) is 0.391. The molecule has 3 aromatic rings. The first kappa shape index (κ1) is 25.8. The fourth-order valence-electron chi connectivity index (χ4n) is 4.28. The van der Waals surface area contributed by atoms with E-state index >= 15 is 0 Å². The smallest absolute Gasteiger partial charge is 0.251 e. The Hall–Kier alpha value is -3.25. The Kier molecular flexibility index (Phi) is 7.19. The number of carbonyl (C=O) groups is 1. The van der Waals surface area contributed by atoms with E-state index in [1.165, 1.54) is 51.7 Å². The van der Waals surface area contributed by atoms with Gasteiger partial charge in [-0.15, -0.1) is 0 Å². The van der Waals surface area contributed by atoms with Crippen LogP contribution in [-0.4, -0.2) is 50.5 Å². The zero-order valence-corrected chi connectivity index (χ0v) is 21.6. The molecule has 0 radical (unpaired) electrons. The van der Waals surface area contributed by atoms with Gasteiger partial charge in [0.2, 0.25) is 5.75 Å². The molecule has 1 atom stereocenters. The Morgan fingerprint density at radius 2 is 1.61 bits per heavy atom. The van der Waals surface area contributed by atoms with Crippen molar-refractivity contribution in [2.45, 2.75) is 21.6 Å². The summed E-state index contributed by atoms with van der Waals surface area (Å²) < 4.78 is 64.4. The van der Waals surface area contributed by atoms with Gasteiger partial charge in [-0.05, 0) is 42.0 Å². The molecule has 0 saturated carbocycles. The second-order valence-corrected chi connectivity index (χ2v) is 12.4. The third-order valence-corrected chi connectivity index (χ3v) is 10.1. The Balaban J connectivity index is 1.69. The van der Waals surface area contributed by atoms with E-state index in [1.807, 2.05) is 0 Å². The third-order valence-electron chi connectivity index (χ3n) is 5.99. The fraction of sp³-hybridized carbons (Fsp3) is 0.240. The van der Waals surface area contributed by atoms with Crippen LogP contribution in [0.15, 0.2) is 70.5 Å². The van der Waals surface area contributed by atoms with Gasteiger partial charge in [0.15, 0.2) is 21.3 Å². The molecule has 3 N–H and O–H groups in total. The van der Waals surface area contributed by atoms with Crippen molar-refractivity contribution in [2.75, 3.05) is 27.1 Å². The molecule has 9 nitrogen and oxygen atoms in total. The molecule has 1 aliphatic heterocycles. The first-order valence-corrected chi connectivity index (χ1v) is 14.1. The lowest BCUT2D eigenvalue weighted by Gasteiger charge is -2.27. The van der Waals surface area contributed by atoms with E-state index in [-0.39, 0.29) is 27.5 Å². The summed E-state index contributed by atoms with van der Waals surface area (Å²) in [5.74, 6) is 0.298. The topological polar surface area (TPSA) is 131 Å². The Bertz CT molecular complexity index is 1370. The number of nitrogens with one attached hydrogen (secondary N) is 1. The van der Waals surface area contributed by atoms with Crippen molar-refractivity contribution < 1.29 is 36.5 Å². The summed E-state index contributed by atoms with van der Waals surface area (Å²) in [4.78, 5) is 13.4. The number of ether oxygens (including phenoxy) is 3. The van der Waals surface area contributed by atoms with Crippen LogP contribution in [0.3, 0.4) is 0 Å². The standard InChI is InChI=1S/C25H27NO8S2/c1-32-19-12-16(13-20(33-2)24(19)34-3)14-26-25(27)18-10-7-11-21-23(18)22(15-35(21,28)29)36(30,31)17-8-5-4-6-9-17/h4-13,22,28-29H,14-15H2,1-3H3,(H,26,27). The van der Waals surface area contributed by atoms with Crippen LogP contribution in [0, 0.1) is 0 Å². The van der Waals surface area contributed by atoms with E-state index in [2.05, 4.69) is 5.32 Å². The number of methoxy groups -OCH3 is 3. The third kappa shape index (κ3) is 4.62. The van der Waals surface area contributed by atoms with Gasteiger partial charge in [-0.25, -0.2) is 8.42 Å². The van der Waals surface area contributed by atoms with Crippen LogP contribution in [0.4, 0.5) is 0 Å². The molecule has 0 bridgehead atoms. The highest BCUT2D eigenvalue weighted by Crippen LogP contribution is 2.62. The highest BCUT2D eigenvalue weighted by Gasteiger charge is 2.45. The molecule has 36 heavy (non-hydrogen) atoms. The minimum absolute atomic E-state index is 0.0469. The number of benzene rings is 3.